The molecular formula is C10H14N2O4. The van der Waals surface area contributed by atoms with Crippen molar-refractivity contribution < 1.29 is 19.8 Å². The highest BCUT2D eigenvalue weighted by molar-refractivity contribution is 5.93. The van der Waals surface area contributed by atoms with Crippen LogP contribution in [0.4, 0.5) is 0 Å². The van der Waals surface area contributed by atoms with Crippen LogP contribution < -0.4 is 5.01 Å². The monoisotopic (exact) mass is 226 g/mol. The van der Waals surface area contributed by atoms with E-state index in [0.29, 0.717) is 13.1 Å². The maximum absolute atomic E-state index is 11.0. The molecule has 6 nitrogen and oxygen atoms in total. The van der Waals surface area contributed by atoms with E-state index in [9.17, 15) is 9.59 Å². The van der Waals surface area contributed by atoms with Gasteiger partial charge in [-0.05, 0) is 19.9 Å². The summed E-state index contributed by atoms with van der Waals surface area (Å²) in [5, 5.41) is 19.5. The van der Waals surface area contributed by atoms with Crippen LogP contribution in [0.3, 0.4) is 0 Å². The van der Waals surface area contributed by atoms with E-state index >= 15 is 0 Å². The molecule has 0 radical (unpaired) electrons. The number of aromatic nitrogens is 1. The molecule has 88 valence electrons. The Morgan fingerprint density at radius 1 is 1.25 bits per heavy atom. The van der Waals surface area contributed by atoms with Crippen LogP contribution in [0, 0.1) is 0 Å². The molecule has 6 heteroatoms. The highest BCUT2D eigenvalue weighted by Crippen LogP contribution is 2.10. The van der Waals surface area contributed by atoms with Crippen molar-refractivity contribution in [3.63, 3.8) is 0 Å². The van der Waals surface area contributed by atoms with E-state index in [1.807, 2.05) is 13.8 Å². The first-order valence-corrected chi connectivity index (χ1v) is 4.95. The maximum Gasteiger partial charge on any atom is 0.354 e. The molecule has 2 N–H and O–H groups in total. The van der Waals surface area contributed by atoms with Crippen molar-refractivity contribution in [3.8, 4) is 0 Å². The second-order valence-corrected chi connectivity index (χ2v) is 3.21. The Kier molecular flexibility index (Phi) is 3.55. The number of carboxylic acids is 2. The van der Waals surface area contributed by atoms with Gasteiger partial charge in [-0.25, -0.2) is 9.59 Å². The van der Waals surface area contributed by atoms with Crippen LogP contribution in [-0.2, 0) is 0 Å². The predicted octanol–water partition coefficient (Wildman–Crippen LogP) is 0.862. The third kappa shape index (κ3) is 2.16. The maximum atomic E-state index is 11.0. The zero-order valence-corrected chi connectivity index (χ0v) is 9.17. The molecule has 0 saturated heterocycles. The van der Waals surface area contributed by atoms with E-state index in [1.165, 1.54) is 10.9 Å². The molecule has 0 fully saturated rings. The first-order valence-electron chi connectivity index (χ1n) is 4.95. The first kappa shape index (κ1) is 12.1. The average molecular weight is 226 g/mol. The number of rotatable bonds is 5. The zero-order valence-electron chi connectivity index (χ0n) is 9.17. The Morgan fingerprint density at radius 2 is 1.81 bits per heavy atom. The molecule has 0 atom stereocenters. The van der Waals surface area contributed by atoms with Gasteiger partial charge in [0.15, 0.2) is 0 Å². The van der Waals surface area contributed by atoms with Crippen molar-refractivity contribution in [3.05, 3.63) is 23.5 Å². The second kappa shape index (κ2) is 4.69. The molecule has 16 heavy (non-hydrogen) atoms. The Balaban J connectivity index is 3.24. The van der Waals surface area contributed by atoms with Gasteiger partial charge in [0.2, 0.25) is 0 Å². The van der Waals surface area contributed by atoms with E-state index in [1.54, 1.807) is 5.01 Å². The summed E-state index contributed by atoms with van der Waals surface area (Å²) in [5.41, 5.74) is -0.0644. The second-order valence-electron chi connectivity index (χ2n) is 3.21. The summed E-state index contributed by atoms with van der Waals surface area (Å²) in [4.78, 5) is 21.7. The van der Waals surface area contributed by atoms with E-state index in [4.69, 9.17) is 10.2 Å². The molecule has 1 aromatic heterocycles. The number of carbonyl (C=O) groups is 2. The summed E-state index contributed by atoms with van der Waals surface area (Å²) in [7, 11) is 0. The summed E-state index contributed by atoms with van der Waals surface area (Å²) in [6.07, 6.45) is 1.32. The summed E-state index contributed by atoms with van der Waals surface area (Å²) < 4.78 is 1.37. The van der Waals surface area contributed by atoms with Gasteiger partial charge >= 0.3 is 11.9 Å². The van der Waals surface area contributed by atoms with Gasteiger partial charge in [-0.3, -0.25) is 4.68 Å². The summed E-state index contributed by atoms with van der Waals surface area (Å²) in [6, 6.07) is 1.16. The van der Waals surface area contributed by atoms with E-state index < -0.39 is 11.9 Å². The highest BCUT2D eigenvalue weighted by atomic mass is 16.4. The molecule has 1 aromatic rings. The molecule has 0 aliphatic heterocycles. The molecule has 0 aliphatic rings. The van der Waals surface area contributed by atoms with Gasteiger partial charge in [-0.2, -0.15) is 0 Å². The highest BCUT2D eigenvalue weighted by Gasteiger charge is 2.18. The van der Waals surface area contributed by atoms with Crippen molar-refractivity contribution in [2.45, 2.75) is 13.8 Å². The molecule has 0 bridgehead atoms. The minimum Gasteiger partial charge on any atom is -0.478 e. The van der Waals surface area contributed by atoms with Gasteiger partial charge in [0.1, 0.15) is 5.69 Å². The first-order chi connectivity index (χ1) is 7.51. The van der Waals surface area contributed by atoms with Gasteiger partial charge < -0.3 is 15.2 Å². The SMILES string of the molecule is CCN(CC)n1cc(C(=O)O)cc1C(=O)O. The lowest BCUT2D eigenvalue weighted by Crippen LogP contribution is -2.35. The molecule has 0 amide bonds. The minimum absolute atomic E-state index is 0.0238. The average Bonchev–Trinajstić information content (AvgIpc) is 2.64. The number of aromatic carboxylic acids is 2. The number of carboxylic acid groups (broad SMARTS) is 2. The number of hydrogen-bond acceptors (Lipinski definition) is 3. The van der Waals surface area contributed by atoms with E-state index in [2.05, 4.69) is 0 Å². The fraction of sp³-hybridized carbons (Fsp3) is 0.400. The normalized spacial score (nSPS) is 10.1. The Hall–Kier alpha value is -1.98. The van der Waals surface area contributed by atoms with Crippen LogP contribution in [0.2, 0.25) is 0 Å². The molecular weight excluding hydrogens is 212 g/mol. The van der Waals surface area contributed by atoms with Gasteiger partial charge in [0.05, 0.1) is 5.56 Å². The predicted molar refractivity (Wildman–Crippen MR) is 57.6 cm³/mol. The largest absolute Gasteiger partial charge is 0.478 e. The van der Waals surface area contributed by atoms with Gasteiger partial charge in [-0.1, -0.05) is 0 Å². The fourth-order valence-corrected chi connectivity index (χ4v) is 1.49. The third-order valence-electron chi connectivity index (χ3n) is 2.30. The minimum atomic E-state index is -1.14. The standard InChI is InChI=1S/C10H14N2O4/c1-3-11(4-2)12-6-7(9(13)14)5-8(12)10(15)16/h5-6H,3-4H2,1-2H3,(H,13,14)(H,15,16). The molecule has 0 aliphatic carbocycles. The lowest BCUT2D eigenvalue weighted by molar-refractivity contribution is 0.0681. The third-order valence-corrected chi connectivity index (χ3v) is 2.30. The molecule has 0 unspecified atom stereocenters. The lowest BCUT2D eigenvalue weighted by Gasteiger charge is -2.23. The summed E-state index contributed by atoms with van der Waals surface area (Å²) in [6.45, 7) is 4.94. The van der Waals surface area contributed by atoms with Crippen LogP contribution in [0.25, 0.3) is 0 Å². The molecule has 0 saturated carbocycles. The van der Waals surface area contributed by atoms with Crippen LogP contribution in [0.15, 0.2) is 12.3 Å². The molecule has 0 aromatic carbocycles. The van der Waals surface area contributed by atoms with Crippen LogP contribution in [-0.4, -0.2) is 39.9 Å². The quantitative estimate of drug-likeness (QED) is 0.778. The zero-order chi connectivity index (χ0) is 12.3. The van der Waals surface area contributed by atoms with Gasteiger partial charge in [-0.15, -0.1) is 0 Å². The van der Waals surface area contributed by atoms with Crippen molar-refractivity contribution >= 4 is 11.9 Å². The van der Waals surface area contributed by atoms with Crippen LogP contribution in [0.1, 0.15) is 34.7 Å². The topological polar surface area (TPSA) is 82.8 Å². The summed E-state index contributed by atoms with van der Waals surface area (Å²) >= 11 is 0. The lowest BCUT2D eigenvalue weighted by atomic mass is 10.3. The van der Waals surface area contributed by atoms with Crippen molar-refractivity contribution in [1.29, 1.82) is 0 Å². The fourth-order valence-electron chi connectivity index (χ4n) is 1.49. The van der Waals surface area contributed by atoms with Crippen LogP contribution >= 0.6 is 0 Å². The molecule has 1 heterocycles. The van der Waals surface area contributed by atoms with Gasteiger partial charge in [0, 0.05) is 19.3 Å². The summed E-state index contributed by atoms with van der Waals surface area (Å²) in [5.74, 6) is -2.27. The number of nitrogens with zero attached hydrogens (tertiary/aromatic N) is 2. The number of hydrogen-bond donors (Lipinski definition) is 2. The smallest absolute Gasteiger partial charge is 0.354 e. The Bertz CT molecular complexity index is 407. The van der Waals surface area contributed by atoms with Crippen molar-refractivity contribution in [2.24, 2.45) is 0 Å². The molecule has 1 rings (SSSR count). The molecule has 0 spiro atoms. The van der Waals surface area contributed by atoms with E-state index in [0.717, 1.165) is 6.07 Å². The van der Waals surface area contributed by atoms with E-state index in [-0.39, 0.29) is 11.3 Å². The van der Waals surface area contributed by atoms with Crippen LogP contribution in [0.5, 0.6) is 0 Å². The Labute approximate surface area is 92.7 Å². The van der Waals surface area contributed by atoms with Gasteiger partial charge in [0.25, 0.3) is 0 Å². The van der Waals surface area contributed by atoms with Crippen molar-refractivity contribution in [1.82, 2.24) is 4.68 Å². The Morgan fingerprint density at radius 3 is 2.19 bits per heavy atom. The van der Waals surface area contributed by atoms with Crippen molar-refractivity contribution in [2.75, 3.05) is 18.1 Å².